The average molecular weight is 313 g/mol. The number of hydrogen-bond acceptors (Lipinski definition) is 3. The molecule has 4 rings (SSSR count). The molecule has 1 aromatic carbocycles. The summed E-state index contributed by atoms with van der Waals surface area (Å²) in [6.07, 6.45) is 4.48. The van der Waals surface area contributed by atoms with E-state index in [9.17, 15) is 9.59 Å². The summed E-state index contributed by atoms with van der Waals surface area (Å²) in [7, 11) is 1.43. The molecule has 4 heteroatoms. The van der Waals surface area contributed by atoms with E-state index in [1.807, 2.05) is 31.2 Å². The van der Waals surface area contributed by atoms with Crippen LogP contribution in [0.4, 0.5) is 5.69 Å². The van der Waals surface area contributed by atoms with Crippen LogP contribution in [0.2, 0.25) is 0 Å². The third-order valence-corrected chi connectivity index (χ3v) is 6.44. The van der Waals surface area contributed by atoms with Crippen molar-refractivity contribution < 1.29 is 14.3 Å². The minimum Gasteiger partial charge on any atom is -0.469 e. The SMILES string of the molecule is COC(=O)C1C(C(=O)Nc2ccc(C)cc2)C2CCC1C21CC1. The van der Waals surface area contributed by atoms with E-state index in [1.165, 1.54) is 20.0 Å². The quantitative estimate of drug-likeness (QED) is 0.872. The highest BCUT2D eigenvalue weighted by molar-refractivity contribution is 5.96. The second-order valence-electron chi connectivity index (χ2n) is 7.45. The molecular formula is C19H23NO3. The summed E-state index contributed by atoms with van der Waals surface area (Å²) in [5, 5.41) is 3.02. The highest BCUT2D eigenvalue weighted by atomic mass is 16.5. The van der Waals surface area contributed by atoms with E-state index in [2.05, 4.69) is 5.32 Å². The predicted octanol–water partition coefficient (Wildman–Crippen LogP) is 3.16. The van der Waals surface area contributed by atoms with Crippen LogP contribution in [-0.2, 0) is 14.3 Å². The first-order valence-corrected chi connectivity index (χ1v) is 8.52. The van der Waals surface area contributed by atoms with Gasteiger partial charge in [0.15, 0.2) is 0 Å². The Hall–Kier alpha value is -1.84. The second kappa shape index (κ2) is 5.08. The van der Waals surface area contributed by atoms with Gasteiger partial charge < -0.3 is 10.1 Å². The average Bonchev–Trinajstić information content (AvgIpc) is 3.22. The Morgan fingerprint density at radius 1 is 1.09 bits per heavy atom. The monoisotopic (exact) mass is 313 g/mol. The molecule has 23 heavy (non-hydrogen) atoms. The van der Waals surface area contributed by atoms with Gasteiger partial charge in [0, 0.05) is 5.69 Å². The van der Waals surface area contributed by atoms with E-state index >= 15 is 0 Å². The van der Waals surface area contributed by atoms with Gasteiger partial charge in [-0.15, -0.1) is 0 Å². The molecule has 0 aromatic heterocycles. The number of methoxy groups -OCH3 is 1. The van der Waals surface area contributed by atoms with Gasteiger partial charge in [-0.3, -0.25) is 9.59 Å². The third kappa shape index (κ3) is 2.11. The van der Waals surface area contributed by atoms with E-state index in [-0.39, 0.29) is 29.1 Å². The Labute approximate surface area is 136 Å². The molecule has 4 nitrogen and oxygen atoms in total. The van der Waals surface area contributed by atoms with Crippen LogP contribution >= 0.6 is 0 Å². The number of nitrogens with one attached hydrogen (secondary N) is 1. The summed E-state index contributed by atoms with van der Waals surface area (Å²) < 4.78 is 5.04. The zero-order valence-electron chi connectivity index (χ0n) is 13.7. The molecule has 1 amide bonds. The van der Waals surface area contributed by atoms with Crippen LogP contribution in [0.1, 0.15) is 31.2 Å². The number of ether oxygens (including phenoxy) is 1. The van der Waals surface area contributed by atoms with Crippen molar-refractivity contribution in [3.8, 4) is 0 Å². The number of amides is 1. The van der Waals surface area contributed by atoms with Crippen LogP contribution in [-0.4, -0.2) is 19.0 Å². The number of benzene rings is 1. The lowest BCUT2D eigenvalue weighted by molar-refractivity contribution is -0.151. The maximum atomic E-state index is 12.9. The minimum absolute atomic E-state index is 0.0114. The molecule has 3 aliphatic rings. The Kier molecular flexibility index (Phi) is 3.26. The van der Waals surface area contributed by atoms with Gasteiger partial charge in [-0.2, -0.15) is 0 Å². The molecule has 1 N–H and O–H groups in total. The van der Waals surface area contributed by atoms with Crippen LogP contribution in [0.15, 0.2) is 24.3 Å². The van der Waals surface area contributed by atoms with Gasteiger partial charge in [0.25, 0.3) is 0 Å². The summed E-state index contributed by atoms with van der Waals surface area (Å²) in [6, 6.07) is 7.80. The number of carbonyl (C=O) groups excluding carboxylic acids is 2. The van der Waals surface area contributed by atoms with Crippen molar-refractivity contribution in [2.24, 2.45) is 29.1 Å². The van der Waals surface area contributed by atoms with Crippen molar-refractivity contribution in [2.45, 2.75) is 32.6 Å². The largest absolute Gasteiger partial charge is 0.469 e. The fraction of sp³-hybridized carbons (Fsp3) is 0.579. The van der Waals surface area contributed by atoms with Gasteiger partial charge in [-0.05, 0) is 62.0 Å². The second-order valence-corrected chi connectivity index (χ2v) is 7.45. The standard InChI is InChI=1S/C19H23NO3/c1-11-3-5-12(6-4-11)20-17(21)15-13-7-8-14(19(13)9-10-19)16(15)18(22)23-2/h3-6,13-16H,7-10H2,1-2H3,(H,20,21). The topological polar surface area (TPSA) is 55.4 Å². The molecule has 0 aliphatic heterocycles. The molecule has 3 saturated carbocycles. The van der Waals surface area contributed by atoms with Crippen LogP contribution in [0.3, 0.4) is 0 Å². The normalized spacial score (nSPS) is 32.8. The highest BCUT2D eigenvalue weighted by Gasteiger charge is 2.71. The van der Waals surface area contributed by atoms with Crippen LogP contribution in [0, 0.1) is 36.0 Å². The number of anilines is 1. The molecule has 4 unspecified atom stereocenters. The number of esters is 1. The van der Waals surface area contributed by atoms with Crippen molar-refractivity contribution >= 4 is 17.6 Å². The van der Waals surface area contributed by atoms with Gasteiger partial charge in [-0.25, -0.2) is 0 Å². The van der Waals surface area contributed by atoms with Gasteiger partial charge in [0.1, 0.15) is 0 Å². The van der Waals surface area contributed by atoms with Crippen LogP contribution in [0.25, 0.3) is 0 Å². The zero-order valence-corrected chi connectivity index (χ0v) is 13.7. The van der Waals surface area contributed by atoms with Crippen LogP contribution in [0.5, 0.6) is 0 Å². The van der Waals surface area contributed by atoms with Crippen molar-refractivity contribution in [1.82, 2.24) is 0 Å². The number of rotatable bonds is 3. The minimum atomic E-state index is -0.258. The smallest absolute Gasteiger partial charge is 0.309 e. The van der Waals surface area contributed by atoms with Crippen LogP contribution < -0.4 is 5.32 Å². The van der Waals surface area contributed by atoms with E-state index in [1.54, 1.807) is 0 Å². The molecule has 3 aliphatic carbocycles. The number of carbonyl (C=O) groups is 2. The molecule has 2 bridgehead atoms. The van der Waals surface area contributed by atoms with E-state index in [4.69, 9.17) is 4.74 Å². The Morgan fingerprint density at radius 3 is 2.26 bits per heavy atom. The molecule has 1 spiro atoms. The zero-order chi connectivity index (χ0) is 16.2. The summed E-state index contributed by atoms with van der Waals surface area (Å²) >= 11 is 0. The van der Waals surface area contributed by atoms with Gasteiger partial charge in [0.2, 0.25) is 5.91 Å². The first-order chi connectivity index (χ1) is 11.1. The predicted molar refractivity (Wildman–Crippen MR) is 86.7 cm³/mol. The third-order valence-electron chi connectivity index (χ3n) is 6.44. The Balaban J connectivity index is 1.59. The van der Waals surface area contributed by atoms with Crippen molar-refractivity contribution in [1.29, 1.82) is 0 Å². The van der Waals surface area contributed by atoms with E-state index in [0.717, 1.165) is 24.1 Å². The van der Waals surface area contributed by atoms with Crippen molar-refractivity contribution in [3.05, 3.63) is 29.8 Å². The number of aryl methyl sites for hydroxylation is 1. The van der Waals surface area contributed by atoms with Gasteiger partial charge >= 0.3 is 5.97 Å². The molecule has 0 radical (unpaired) electrons. The first-order valence-electron chi connectivity index (χ1n) is 8.52. The summed E-state index contributed by atoms with van der Waals surface area (Å²) in [5.74, 6) is -0.0114. The maximum Gasteiger partial charge on any atom is 0.309 e. The molecule has 0 heterocycles. The molecular weight excluding hydrogens is 290 g/mol. The summed E-state index contributed by atoms with van der Waals surface area (Å²) in [4.78, 5) is 25.2. The van der Waals surface area contributed by atoms with E-state index < -0.39 is 0 Å². The van der Waals surface area contributed by atoms with Crippen molar-refractivity contribution in [3.63, 3.8) is 0 Å². The fourth-order valence-corrected chi connectivity index (χ4v) is 5.33. The summed E-state index contributed by atoms with van der Waals surface area (Å²) in [6.45, 7) is 2.02. The van der Waals surface area contributed by atoms with Gasteiger partial charge in [-0.1, -0.05) is 17.7 Å². The first kappa shape index (κ1) is 14.7. The fourth-order valence-electron chi connectivity index (χ4n) is 5.33. The number of hydrogen-bond donors (Lipinski definition) is 1. The van der Waals surface area contributed by atoms with E-state index in [0.29, 0.717) is 11.8 Å². The molecule has 4 atom stereocenters. The molecule has 122 valence electrons. The molecule has 1 aromatic rings. The molecule has 3 fully saturated rings. The highest BCUT2D eigenvalue weighted by Crippen LogP contribution is 2.74. The Morgan fingerprint density at radius 2 is 1.70 bits per heavy atom. The Bertz CT molecular complexity index is 647. The van der Waals surface area contributed by atoms with Gasteiger partial charge in [0.05, 0.1) is 18.9 Å². The maximum absolute atomic E-state index is 12.9. The van der Waals surface area contributed by atoms with Crippen molar-refractivity contribution in [2.75, 3.05) is 12.4 Å². The lowest BCUT2D eigenvalue weighted by Crippen LogP contribution is -2.38. The lowest BCUT2D eigenvalue weighted by Gasteiger charge is -2.27. The summed E-state index contributed by atoms with van der Waals surface area (Å²) in [5.41, 5.74) is 2.22. The molecule has 0 saturated heterocycles. The lowest BCUT2D eigenvalue weighted by atomic mass is 9.78.